The van der Waals surface area contributed by atoms with Gasteiger partial charge in [0.15, 0.2) is 5.82 Å². The highest BCUT2D eigenvalue weighted by Crippen LogP contribution is 2.28. The molecule has 0 aliphatic heterocycles. The number of rotatable bonds is 7. The fourth-order valence-corrected chi connectivity index (χ4v) is 1.39. The zero-order valence-electron chi connectivity index (χ0n) is 8.80. The molecule has 1 fully saturated rings. The summed E-state index contributed by atoms with van der Waals surface area (Å²) in [7, 11) is 0. The smallest absolute Gasteiger partial charge is 0.164 e. The largest absolute Gasteiger partial charge is 0.381 e. The van der Waals surface area contributed by atoms with Crippen molar-refractivity contribution in [2.45, 2.75) is 32.4 Å². The summed E-state index contributed by atoms with van der Waals surface area (Å²) >= 11 is 0. The van der Waals surface area contributed by atoms with Gasteiger partial charge < -0.3 is 10.5 Å². The van der Waals surface area contributed by atoms with Crippen LogP contribution in [0.2, 0.25) is 0 Å². The maximum Gasteiger partial charge on any atom is 0.164 e. The molecule has 6 heteroatoms. The molecule has 0 bridgehead atoms. The number of hydrogen-bond donors (Lipinski definition) is 1. The Bertz CT molecular complexity index is 296. The van der Waals surface area contributed by atoms with Crippen molar-refractivity contribution in [3.05, 3.63) is 5.82 Å². The molecule has 15 heavy (non-hydrogen) atoms. The van der Waals surface area contributed by atoms with E-state index in [-0.39, 0.29) is 0 Å². The molecule has 6 nitrogen and oxygen atoms in total. The summed E-state index contributed by atoms with van der Waals surface area (Å²) in [5.41, 5.74) is 5.48. The lowest BCUT2D eigenvalue weighted by Gasteiger charge is -2.04. The Morgan fingerprint density at radius 2 is 2.33 bits per heavy atom. The number of ether oxygens (including phenoxy) is 1. The van der Waals surface area contributed by atoms with Crippen LogP contribution in [0.3, 0.4) is 0 Å². The first kappa shape index (κ1) is 10.5. The van der Waals surface area contributed by atoms with Crippen molar-refractivity contribution in [1.29, 1.82) is 0 Å². The minimum absolute atomic E-state index is 0.385. The molecule has 2 N–H and O–H groups in total. The van der Waals surface area contributed by atoms with Gasteiger partial charge in [-0.05, 0) is 35.6 Å². The Hall–Kier alpha value is -1.01. The van der Waals surface area contributed by atoms with Gasteiger partial charge in [-0.2, -0.15) is 0 Å². The van der Waals surface area contributed by atoms with Crippen molar-refractivity contribution in [2.24, 2.45) is 11.7 Å². The number of nitrogens with zero attached hydrogens (tertiary/aromatic N) is 4. The quantitative estimate of drug-likeness (QED) is 0.640. The Balaban J connectivity index is 1.59. The molecule has 0 unspecified atom stereocenters. The first-order valence-corrected chi connectivity index (χ1v) is 5.43. The lowest BCUT2D eigenvalue weighted by molar-refractivity contribution is 0.118. The SMILES string of the molecule is NCc1nnnn1CCCOCC1CC1. The molecule has 1 heterocycles. The number of aromatic nitrogens is 4. The van der Waals surface area contributed by atoms with Crippen molar-refractivity contribution < 1.29 is 4.74 Å². The Kier molecular flexibility index (Phi) is 3.63. The van der Waals surface area contributed by atoms with E-state index in [2.05, 4.69) is 15.5 Å². The van der Waals surface area contributed by atoms with E-state index in [0.29, 0.717) is 6.54 Å². The first-order valence-electron chi connectivity index (χ1n) is 5.43. The van der Waals surface area contributed by atoms with Gasteiger partial charge in [0.2, 0.25) is 0 Å². The minimum Gasteiger partial charge on any atom is -0.381 e. The van der Waals surface area contributed by atoms with Crippen LogP contribution >= 0.6 is 0 Å². The molecule has 0 radical (unpaired) electrons. The third kappa shape index (κ3) is 3.24. The van der Waals surface area contributed by atoms with E-state index in [1.165, 1.54) is 12.8 Å². The van der Waals surface area contributed by atoms with E-state index < -0.39 is 0 Å². The number of hydrogen-bond acceptors (Lipinski definition) is 5. The second-order valence-electron chi connectivity index (χ2n) is 3.89. The highest BCUT2D eigenvalue weighted by Gasteiger charge is 2.20. The van der Waals surface area contributed by atoms with Crippen LogP contribution in [-0.4, -0.2) is 33.4 Å². The summed E-state index contributed by atoms with van der Waals surface area (Å²) in [5, 5.41) is 11.2. The lowest BCUT2D eigenvalue weighted by Crippen LogP contribution is -2.11. The van der Waals surface area contributed by atoms with Crippen molar-refractivity contribution in [3.63, 3.8) is 0 Å². The molecule has 1 aromatic rings. The molecule has 0 spiro atoms. The van der Waals surface area contributed by atoms with Gasteiger partial charge in [0, 0.05) is 19.8 Å². The zero-order chi connectivity index (χ0) is 10.5. The molecule has 0 amide bonds. The third-order valence-electron chi connectivity index (χ3n) is 2.50. The van der Waals surface area contributed by atoms with Crippen molar-refractivity contribution in [2.75, 3.05) is 13.2 Å². The molecule has 0 atom stereocenters. The molecular formula is C9H17N5O. The number of tetrazole rings is 1. The monoisotopic (exact) mass is 211 g/mol. The van der Waals surface area contributed by atoms with E-state index in [1.807, 2.05) is 0 Å². The van der Waals surface area contributed by atoms with E-state index in [9.17, 15) is 0 Å². The summed E-state index contributed by atoms with van der Waals surface area (Å²) < 4.78 is 7.25. The summed E-state index contributed by atoms with van der Waals surface area (Å²) in [6.07, 6.45) is 3.61. The Morgan fingerprint density at radius 3 is 3.07 bits per heavy atom. The molecule has 2 rings (SSSR count). The zero-order valence-corrected chi connectivity index (χ0v) is 8.80. The second kappa shape index (κ2) is 5.18. The third-order valence-corrected chi connectivity index (χ3v) is 2.50. The molecule has 1 aliphatic rings. The molecular weight excluding hydrogens is 194 g/mol. The van der Waals surface area contributed by atoms with Gasteiger partial charge in [-0.3, -0.25) is 0 Å². The Morgan fingerprint density at radius 1 is 1.47 bits per heavy atom. The van der Waals surface area contributed by atoms with Gasteiger partial charge in [-0.1, -0.05) is 0 Å². The molecule has 84 valence electrons. The minimum atomic E-state index is 0.385. The Labute approximate surface area is 88.8 Å². The second-order valence-corrected chi connectivity index (χ2v) is 3.89. The summed E-state index contributed by atoms with van der Waals surface area (Å²) in [6.45, 7) is 2.86. The van der Waals surface area contributed by atoms with E-state index in [0.717, 1.165) is 37.9 Å². The van der Waals surface area contributed by atoms with E-state index in [1.54, 1.807) is 4.68 Å². The van der Waals surface area contributed by atoms with Crippen LogP contribution in [0.25, 0.3) is 0 Å². The van der Waals surface area contributed by atoms with Gasteiger partial charge in [0.1, 0.15) is 0 Å². The van der Waals surface area contributed by atoms with Gasteiger partial charge in [-0.15, -0.1) is 5.10 Å². The molecule has 1 aromatic heterocycles. The summed E-state index contributed by atoms with van der Waals surface area (Å²) in [6, 6.07) is 0. The van der Waals surface area contributed by atoms with Gasteiger partial charge in [0.25, 0.3) is 0 Å². The maximum atomic E-state index is 5.52. The standard InChI is InChI=1S/C9H17N5O/c10-6-9-11-12-13-14(9)4-1-5-15-7-8-2-3-8/h8H,1-7,10H2. The van der Waals surface area contributed by atoms with Crippen LogP contribution in [0.15, 0.2) is 0 Å². The van der Waals surface area contributed by atoms with Gasteiger partial charge in [-0.25, -0.2) is 4.68 Å². The number of aryl methyl sites for hydroxylation is 1. The van der Waals surface area contributed by atoms with Crippen LogP contribution < -0.4 is 5.73 Å². The fourth-order valence-electron chi connectivity index (χ4n) is 1.39. The van der Waals surface area contributed by atoms with Gasteiger partial charge in [0.05, 0.1) is 6.54 Å². The average Bonchev–Trinajstić information content (AvgIpc) is 2.96. The van der Waals surface area contributed by atoms with Gasteiger partial charge >= 0.3 is 0 Å². The highest BCUT2D eigenvalue weighted by atomic mass is 16.5. The highest BCUT2D eigenvalue weighted by molar-refractivity contribution is 4.77. The molecule has 1 saturated carbocycles. The van der Waals surface area contributed by atoms with Crippen LogP contribution in [-0.2, 0) is 17.8 Å². The number of nitrogens with two attached hydrogens (primary N) is 1. The first-order chi connectivity index (χ1) is 7.40. The van der Waals surface area contributed by atoms with E-state index >= 15 is 0 Å². The topological polar surface area (TPSA) is 78.9 Å². The summed E-state index contributed by atoms with van der Waals surface area (Å²) in [4.78, 5) is 0. The van der Waals surface area contributed by atoms with Crippen LogP contribution in [0.4, 0.5) is 0 Å². The lowest BCUT2D eigenvalue weighted by atomic mass is 10.4. The van der Waals surface area contributed by atoms with E-state index in [4.69, 9.17) is 10.5 Å². The normalized spacial score (nSPS) is 15.8. The van der Waals surface area contributed by atoms with Crippen molar-refractivity contribution in [3.8, 4) is 0 Å². The molecule has 0 aromatic carbocycles. The predicted octanol–water partition coefficient (Wildman–Crippen LogP) is -0.0515. The van der Waals surface area contributed by atoms with Crippen LogP contribution in [0.5, 0.6) is 0 Å². The summed E-state index contributed by atoms with van der Waals surface area (Å²) in [5.74, 6) is 1.56. The van der Waals surface area contributed by atoms with Crippen molar-refractivity contribution in [1.82, 2.24) is 20.2 Å². The molecule has 1 aliphatic carbocycles. The molecule has 0 saturated heterocycles. The maximum absolute atomic E-state index is 5.52. The fraction of sp³-hybridized carbons (Fsp3) is 0.889. The predicted molar refractivity (Wildman–Crippen MR) is 53.9 cm³/mol. The average molecular weight is 211 g/mol. The van der Waals surface area contributed by atoms with Crippen LogP contribution in [0.1, 0.15) is 25.1 Å². The van der Waals surface area contributed by atoms with Crippen molar-refractivity contribution >= 4 is 0 Å². The van der Waals surface area contributed by atoms with Crippen LogP contribution in [0, 0.1) is 5.92 Å².